The van der Waals surface area contributed by atoms with Crippen LogP contribution in [0.5, 0.6) is 0 Å². The molecule has 3 nitrogen and oxygen atoms in total. The van der Waals surface area contributed by atoms with Crippen molar-refractivity contribution in [2.24, 2.45) is 0 Å². The van der Waals surface area contributed by atoms with Gasteiger partial charge in [-0.25, -0.2) is 0 Å². The Kier molecular flexibility index (Phi) is 3.14. The van der Waals surface area contributed by atoms with Crippen LogP contribution in [0.3, 0.4) is 0 Å². The van der Waals surface area contributed by atoms with Gasteiger partial charge in [-0.2, -0.15) is 0 Å². The smallest absolute Gasteiger partial charge is 0.132 e. The summed E-state index contributed by atoms with van der Waals surface area (Å²) in [5.41, 5.74) is 0. The minimum Gasteiger partial charge on any atom is -0.467 e. The van der Waals surface area contributed by atoms with Gasteiger partial charge in [0.1, 0.15) is 11.9 Å². The number of rotatable bonds is 4. The summed E-state index contributed by atoms with van der Waals surface area (Å²) in [6.45, 7) is 2.28. The highest BCUT2D eigenvalue weighted by Crippen LogP contribution is 2.15. The van der Waals surface area contributed by atoms with Crippen molar-refractivity contribution in [3.05, 3.63) is 24.2 Å². The summed E-state index contributed by atoms with van der Waals surface area (Å²) in [6, 6.07) is 3.66. The van der Waals surface area contributed by atoms with Crippen molar-refractivity contribution in [2.75, 3.05) is 13.2 Å². The van der Waals surface area contributed by atoms with Crippen LogP contribution >= 0.6 is 0 Å². The number of aliphatic hydroxyl groups is 1. The van der Waals surface area contributed by atoms with Gasteiger partial charge in [-0.1, -0.05) is 0 Å². The second kappa shape index (κ2) is 4.16. The molecular weight excluding hydrogens is 144 g/mol. The first kappa shape index (κ1) is 8.30. The van der Waals surface area contributed by atoms with Crippen LogP contribution in [0.2, 0.25) is 0 Å². The molecule has 1 N–H and O–H groups in total. The Morgan fingerprint density at radius 3 is 3.09 bits per heavy atom. The Morgan fingerprint density at radius 2 is 2.55 bits per heavy atom. The van der Waals surface area contributed by atoms with Gasteiger partial charge in [-0.05, 0) is 19.1 Å². The van der Waals surface area contributed by atoms with E-state index in [0.717, 1.165) is 5.76 Å². The molecule has 0 fully saturated rings. The fraction of sp³-hybridized carbons (Fsp3) is 0.500. The number of furan rings is 1. The lowest BCUT2D eigenvalue weighted by Crippen LogP contribution is -2.03. The van der Waals surface area contributed by atoms with Crippen LogP contribution < -0.4 is 0 Å². The van der Waals surface area contributed by atoms with Crippen LogP contribution in [-0.2, 0) is 4.74 Å². The maximum Gasteiger partial charge on any atom is 0.132 e. The lowest BCUT2D eigenvalue weighted by Gasteiger charge is -2.07. The van der Waals surface area contributed by atoms with Gasteiger partial charge in [-0.3, -0.25) is 0 Å². The fourth-order valence-electron chi connectivity index (χ4n) is 0.834. The Labute approximate surface area is 65.6 Å². The first-order valence-corrected chi connectivity index (χ1v) is 3.60. The summed E-state index contributed by atoms with van der Waals surface area (Å²) in [4.78, 5) is 0. The molecule has 11 heavy (non-hydrogen) atoms. The van der Waals surface area contributed by atoms with Crippen LogP contribution in [0.4, 0.5) is 0 Å². The lowest BCUT2D eigenvalue weighted by atomic mass is 10.3. The van der Waals surface area contributed by atoms with Gasteiger partial charge >= 0.3 is 0 Å². The molecule has 0 amide bonds. The van der Waals surface area contributed by atoms with Crippen molar-refractivity contribution >= 4 is 0 Å². The molecule has 0 saturated carbocycles. The molecule has 1 heterocycles. The molecule has 1 aromatic rings. The van der Waals surface area contributed by atoms with Gasteiger partial charge in [0.25, 0.3) is 0 Å². The SMILES string of the molecule is CC(OCCO)c1ccco1. The molecule has 1 unspecified atom stereocenters. The normalized spacial score (nSPS) is 13.3. The van der Waals surface area contributed by atoms with Gasteiger partial charge in [0, 0.05) is 0 Å². The molecule has 1 aromatic heterocycles. The molecule has 0 saturated heterocycles. The predicted octanol–water partition coefficient (Wildman–Crippen LogP) is 1.35. The summed E-state index contributed by atoms with van der Waals surface area (Å²) in [5, 5.41) is 8.46. The second-order valence-electron chi connectivity index (χ2n) is 2.25. The van der Waals surface area contributed by atoms with Crippen LogP contribution in [0, 0.1) is 0 Å². The Bertz CT molecular complexity index is 181. The van der Waals surface area contributed by atoms with Crippen LogP contribution in [0.15, 0.2) is 22.8 Å². The average Bonchev–Trinajstić information content (AvgIpc) is 2.52. The third-order valence-corrected chi connectivity index (χ3v) is 1.40. The summed E-state index contributed by atoms with van der Waals surface area (Å²) >= 11 is 0. The molecule has 0 aromatic carbocycles. The van der Waals surface area contributed by atoms with E-state index in [2.05, 4.69) is 0 Å². The van der Waals surface area contributed by atoms with E-state index in [0.29, 0.717) is 6.61 Å². The molecule has 0 bridgehead atoms. The van der Waals surface area contributed by atoms with Crippen molar-refractivity contribution < 1.29 is 14.3 Å². The van der Waals surface area contributed by atoms with E-state index >= 15 is 0 Å². The van der Waals surface area contributed by atoms with E-state index in [-0.39, 0.29) is 12.7 Å². The third-order valence-electron chi connectivity index (χ3n) is 1.40. The first-order chi connectivity index (χ1) is 5.34. The zero-order valence-electron chi connectivity index (χ0n) is 6.49. The fourth-order valence-corrected chi connectivity index (χ4v) is 0.834. The zero-order chi connectivity index (χ0) is 8.10. The monoisotopic (exact) mass is 156 g/mol. The largest absolute Gasteiger partial charge is 0.467 e. The first-order valence-electron chi connectivity index (χ1n) is 3.60. The molecule has 0 spiro atoms. The maximum atomic E-state index is 8.46. The van der Waals surface area contributed by atoms with Gasteiger partial charge in [-0.15, -0.1) is 0 Å². The van der Waals surface area contributed by atoms with E-state index in [1.807, 2.05) is 19.1 Å². The number of ether oxygens (including phenoxy) is 1. The number of aliphatic hydroxyl groups excluding tert-OH is 1. The molecule has 1 atom stereocenters. The molecular formula is C8H12O3. The van der Waals surface area contributed by atoms with E-state index in [9.17, 15) is 0 Å². The van der Waals surface area contributed by atoms with Crippen molar-refractivity contribution in [3.8, 4) is 0 Å². The molecule has 62 valence electrons. The number of hydrogen-bond acceptors (Lipinski definition) is 3. The second-order valence-corrected chi connectivity index (χ2v) is 2.25. The Morgan fingerprint density at radius 1 is 1.73 bits per heavy atom. The average molecular weight is 156 g/mol. The minimum absolute atomic E-state index is 0.0467. The van der Waals surface area contributed by atoms with Gasteiger partial charge in [0.05, 0.1) is 19.5 Å². The highest BCUT2D eigenvalue weighted by molar-refractivity contribution is 5.00. The molecule has 3 heteroatoms. The highest BCUT2D eigenvalue weighted by Gasteiger charge is 2.06. The van der Waals surface area contributed by atoms with Gasteiger partial charge < -0.3 is 14.3 Å². The van der Waals surface area contributed by atoms with Crippen LogP contribution in [0.25, 0.3) is 0 Å². The quantitative estimate of drug-likeness (QED) is 0.715. The van der Waals surface area contributed by atoms with Crippen LogP contribution in [-0.4, -0.2) is 18.3 Å². The predicted molar refractivity (Wildman–Crippen MR) is 40.2 cm³/mol. The van der Waals surface area contributed by atoms with E-state index < -0.39 is 0 Å². The minimum atomic E-state index is -0.0721. The van der Waals surface area contributed by atoms with E-state index in [1.54, 1.807) is 6.26 Å². The highest BCUT2D eigenvalue weighted by atomic mass is 16.5. The van der Waals surface area contributed by atoms with Gasteiger partial charge in [0.2, 0.25) is 0 Å². The standard InChI is InChI=1S/C8H12O3/c1-7(10-6-4-9)8-3-2-5-11-8/h2-3,5,7,9H,4,6H2,1H3. The lowest BCUT2D eigenvalue weighted by molar-refractivity contribution is 0.0268. The van der Waals surface area contributed by atoms with E-state index in [1.165, 1.54) is 0 Å². The summed E-state index contributed by atoms with van der Waals surface area (Å²) in [6.07, 6.45) is 1.53. The molecule has 1 rings (SSSR count). The zero-order valence-corrected chi connectivity index (χ0v) is 6.49. The van der Waals surface area contributed by atoms with Crippen LogP contribution in [0.1, 0.15) is 18.8 Å². The Hall–Kier alpha value is -0.800. The molecule has 0 radical (unpaired) electrons. The van der Waals surface area contributed by atoms with Crippen molar-refractivity contribution in [2.45, 2.75) is 13.0 Å². The number of hydrogen-bond donors (Lipinski definition) is 1. The van der Waals surface area contributed by atoms with Crippen molar-refractivity contribution in [1.82, 2.24) is 0 Å². The third kappa shape index (κ3) is 2.37. The molecule has 0 aliphatic rings. The van der Waals surface area contributed by atoms with Crippen molar-refractivity contribution in [3.63, 3.8) is 0 Å². The Balaban J connectivity index is 2.36. The summed E-state index contributed by atoms with van der Waals surface area (Å²) in [5.74, 6) is 0.790. The summed E-state index contributed by atoms with van der Waals surface area (Å²) in [7, 11) is 0. The maximum absolute atomic E-state index is 8.46. The molecule has 0 aliphatic heterocycles. The van der Waals surface area contributed by atoms with Crippen molar-refractivity contribution in [1.29, 1.82) is 0 Å². The molecule has 0 aliphatic carbocycles. The summed E-state index contributed by atoms with van der Waals surface area (Å²) < 4.78 is 10.3. The van der Waals surface area contributed by atoms with Gasteiger partial charge in [0.15, 0.2) is 0 Å². The van der Waals surface area contributed by atoms with E-state index in [4.69, 9.17) is 14.3 Å². The topological polar surface area (TPSA) is 42.6 Å².